The number of H-pyrrole nitrogens is 1. The van der Waals surface area contributed by atoms with Gasteiger partial charge in [0.1, 0.15) is 5.82 Å². The van der Waals surface area contributed by atoms with E-state index in [1.807, 2.05) is 41.1 Å². The number of rotatable bonds is 4. The number of aromatic amines is 1. The Hall–Kier alpha value is -2.77. The van der Waals surface area contributed by atoms with Gasteiger partial charge in [0.2, 0.25) is 0 Å². The molecule has 1 aliphatic rings. The summed E-state index contributed by atoms with van der Waals surface area (Å²) in [6.07, 6.45) is 3.55. The first-order chi connectivity index (χ1) is 13.1. The van der Waals surface area contributed by atoms with Crippen LogP contribution in [0.1, 0.15) is 29.7 Å². The van der Waals surface area contributed by atoms with Crippen molar-refractivity contribution in [2.45, 2.75) is 26.1 Å². The molecule has 3 aromatic rings. The summed E-state index contributed by atoms with van der Waals surface area (Å²) in [4.78, 5) is 21.8. The Labute approximate surface area is 162 Å². The van der Waals surface area contributed by atoms with Crippen LogP contribution in [0.25, 0.3) is 0 Å². The van der Waals surface area contributed by atoms with Gasteiger partial charge in [-0.25, -0.2) is 0 Å². The summed E-state index contributed by atoms with van der Waals surface area (Å²) in [7, 11) is 0. The molecule has 0 aliphatic carbocycles. The molecule has 1 atom stereocenters. The average molecular weight is 379 g/mol. The summed E-state index contributed by atoms with van der Waals surface area (Å²) < 4.78 is 2.35. The molecule has 6 nitrogen and oxygen atoms in total. The van der Waals surface area contributed by atoms with Gasteiger partial charge in [-0.1, -0.05) is 36.4 Å². The maximum atomic E-state index is 12.6. The van der Waals surface area contributed by atoms with Crippen LogP contribution in [-0.4, -0.2) is 26.1 Å². The molecular weight excluding hydrogens is 358 g/mol. The Kier molecular flexibility index (Phi) is 4.87. The van der Waals surface area contributed by atoms with E-state index in [1.54, 1.807) is 6.20 Å². The molecule has 0 saturated carbocycles. The maximum Gasteiger partial charge on any atom is 0.258 e. The first-order valence-electron chi connectivity index (χ1n) is 8.91. The van der Waals surface area contributed by atoms with Crippen LogP contribution in [0.4, 0.5) is 5.82 Å². The van der Waals surface area contributed by atoms with Crippen molar-refractivity contribution in [1.82, 2.24) is 19.4 Å². The van der Waals surface area contributed by atoms with Gasteiger partial charge < -0.3 is 9.88 Å². The summed E-state index contributed by atoms with van der Waals surface area (Å²) >= 11 is 5.42. The third-order valence-electron chi connectivity index (χ3n) is 5.00. The van der Waals surface area contributed by atoms with Crippen molar-refractivity contribution in [2.75, 3.05) is 12.0 Å². The minimum absolute atomic E-state index is 0.130. The lowest BCUT2D eigenvalue weighted by atomic mass is 10.1. The molecule has 0 amide bonds. The van der Waals surface area contributed by atoms with Crippen molar-refractivity contribution < 1.29 is 0 Å². The van der Waals surface area contributed by atoms with E-state index in [0.29, 0.717) is 30.1 Å². The van der Waals surface area contributed by atoms with Crippen molar-refractivity contribution in [1.29, 1.82) is 0 Å². The lowest BCUT2D eigenvalue weighted by Gasteiger charge is -2.35. The van der Waals surface area contributed by atoms with Crippen LogP contribution in [0.15, 0.2) is 59.7 Å². The molecule has 1 aliphatic heterocycles. The van der Waals surface area contributed by atoms with E-state index in [9.17, 15) is 4.79 Å². The number of pyridine rings is 1. The monoisotopic (exact) mass is 379 g/mol. The summed E-state index contributed by atoms with van der Waals surface area (Å²) in [6, 6.07) is 14.4. The van der Waals surface area contributed by atoms with Crippen molar-refractivity contribution in [3.05, 3.63) is 86.7 Å². The Morgan fingerprint density at radius 3 is 2.78 bits per heavy atom. The summed E-state index contributed by atoms with van der Waals surface area (Å²) in [5.74, 6) is 0.795. The molecule has 0 spiro atoms. The van der Waals surface area contributed by atoms with E-state index in [1.165, 1.54) is 5.56 Å². The summed E-state index contributed by atoms with van der Waals surface area (Å²) in [5.41, 5.74) is 2.84. The Bertz CT molecular complexity index is 1050. The topological polar surface area (TPSA) is 66.0 Å². The maximum absolute atomic E-state index is 12.6. The zero-order valence-corrected chi connectivity index (χ0v) is 15.9. The van der Waals surface area contributed by atoms with Gasteiger partial charge in [0.15, 0.2) is 4.77 Å². The summed E-state index contributed by atoms with van der Waals surface area (Å²) in [5, 5.41) is 3.42. The van der Waals surface area contributed by atoms with E-state index < -0.39 is 0 Å². The second-order valence-electron chi connectivity index (χ2n) is 6.70. The Morgan fingerprint density at radius 1 is 1.22 bits per heavy atom. The molecule has 27 heavy (non-hydrogen) atoms. The molecule has 0 unspecified atom stereocenters. The largest absolute Gasteiger partial charge is 0.358 e. The molecule has 7 heteroatoms. The first-order valence-corrected chi connectivity index (χ1v) is 9.32. The van der Waals surface area contributed by atoms with Gasteiger partial charge in [0.25, 0.3) is 5.56 Å². The highest BCUT2D eigenvalue weighted by molar-refractivity contribution is 7.71. The molecule has 2 N–H and O–H groups in total. The number of nitrogens with one attached hydrogen (secondary N) is 2. The fourth-order valence-corrected chi connectivity index (χ4v) is 3.69. The molecule has 0 bridgehead atoms. The molecule has 0 radical (unpaired) electrons. The van der Waals surface area contributed by atoms with Crippen LogP contribution in [0.5, 0.6) is 0 Å². The number of hydrogen-bond acceptors (Lipinski definition) is 5. The van der Waals surface area contributed by atoms with E-state index in [0.717, 1.165) is 11.4 Å². The van der Waals surface area contributed by atoms with Gasteiger partial charge in [-0.3, -0.25) is 19.7 Å². The lowest BCUT2D eigenvalue weighted by molar-refractivity contribution is 0.206. The van der Waals surface area contributed by atoms with E-state index in [-0.39, 0.29) is 11.6 Å². The van der Waals surface area contributed by atoms with Gasteiger partial charge >= 0.3 is 0 Å². The zero-order chi connectivity index (χ0) is 18.8. The number of benzene rings is 1. The van der Waals surface area contributed by atoms with Crippen molar-refractivity contribution in [3.63, 3.8) is 0 Å². The number of anilines is 1. The molecule has 3 heterocycles. The Balaban J connectivity index is 1.67. The lowest BCUT2D eigenvalue weighted by Crippen LogP contribution is -2.40. The molecule has 0 saturated heterocycles. The summed E-state index contributed by atoms with van der Waals surface area (Å²) in [6.45, 7) is 3.93. The number of fused-ring (bicyclic) bond motifs is 1. The van der Waals surface area contributed by atoms with Crippen molar-refractivity contribution >= 4 is 18.0 Å². The quantitative estimate of drug-likeness (QED) is 0.681. The van der Waals surface area contributed by atoms with Crippen LogP contribution >= 0.6 is 12.2 Å². The van der Waals surface area contributed by atoms with Crippen LogP contribution in [0.2, 0.25) is 0 Å². The van der Waals surface area contributed by atoms with Gasteiger partial charge in [0.05, 0.1) is 18.8 Å². The van der Waals surface area contributed by atoms with E-state index >= 15 is 0 Å². The van der Waals surface area contributed by atoms with Crippen molar-refractivity contribution in [3.8, 4) is 0 Å². The number of hydrogen-bond donors (Lipinski definition) is 2. The van der Waals surface area contributed by atoms with Crippen LogP contribution in [0.3, 0.4) is 0 Å². The Morgan fingerprint density at radius 2 is 2.04 bits per heavy atom. The highest BCUT2D eigenvalue weighted by Crippen LogP contribution is 2.27. The molecule has 138 valence electrons. The number of aromatic nitrogens is 3. The second-order valence-corrected chi connectivity index (χ2v) is 7.09. The molecule has 4 rings (SSSR count). The van der Waals surface area contributed by atoms with Crippen molar-refractivity contribution in [2.24, 2.45) is 0 Å². The van der Waals surface area contributed by atoms with E-state index in [2.05, 4.69) is 39.2 Å². The highest BCUT2D eigenvalue weighted by Gasteiger charge is 2.25. The van der Waals surface area contributed by atoms with Gasteiger partial charge in [-0.2, -0.15) is 0 Å². The average Bonchev–Trinajstić information content (AvgIpc) is 2.71. The minimum Gasteiger partial charge on any atom is -0.358 e. The van der Waals surface area contributed by atoms with Gasteiger partial charge in [-0.05, 0) is 36.3 Å². The normalized spacial score (nSPS) is 15.0. The van der Waals surface area contributed by atoms with Crippen LogP contribution in [-0.2, 0) is 13.1 Å². The third-order valence-corrected chi connectivity index (χ3v) is 5.32. The highest BCUT2D eigenvalue weighted by atomic mass is 32.1. The predicted octanol–water partition coefficient (Wildman–Crippen LogP) is 3.30. The third kappa shape index (κ3) is 3.56. The van der Waals surface area contributed by atoms with Gasteiger partial charge in [-0.15, -0.1) is 0 Å². The molecule has 2 aromatic heterocycles. The molecular formula is C20H21N5OS. The smallest absolute Gasteiger partial charge is 0.258 e. The zero-order valence-electron chi connectivity index (χ0n) is 15.1. The standard InChI is InChI=1S/C20H21N5OS/c1-14(16-7-3-2-4-8-16)24-12-17-18(22-13-24)25(20(27)23-19(17)26)11-15-6-5-9-21-10-15/h2-10,14,22H,11-13H2,1H3,(H,23,26,27)/t14-/m0/s1. The van der Waals surface area contributed by atoms with Crippen LogP contribution in [0, 0.1) is 4.77 Å². The fourth-order valence-electron chi connectivity index (χ4n) is 3.44. The SMILES string of the molecule is C[C@@H](c1ccccc1)N1CNc2c(c(=O)[nH]c(=S)n2Cc2cccnc2)C1. The predicted molar refractivity (Wildman–Crippen MR) is 108 cm³/mol. The first kappa shape index (κ1) is 17.6. The fraction of sp³-hybridized carbons (Fsp3) is 0.250. The second kappa shape index (κ2) is 7.46. The van der Waals surface area contributed by atoms with Gasteiger partial charge in [0, 0.05) is 25.0 Å². The molecule has 1 aromatic carbocycles. The number of nitrogens with zero attached hydrogens (tertiary/aromatic N) is 3. The minimum atomic E-state index is -0.130. The molecule has 0 fully saturated rings. The van der Waals surface area contributed by atoms with E-state index in [4.69, 9.17) is 12.2 Å². The van der Waals surface area contributed by atoms with Crippen LogP contribution < -0.4 is 10.9 Å².